The molecule has 1 fully saturated rings. The molecule has 3 N–H and O–H groups in total. The van der Waals surface area contributed by atoms with Crippen LogP contribution >= 0.6 is 0 Å². The summed E-state index contributed by atoms with van der Waals surface area (Å²) in [5.41, 5.74) is -1.12. The summed E-state index contributed by atoms with van der Waals surface area (Å²) in [6, 6.07) is 3.11. The number of halogens is 3. The first-order valence-corrected chi connectivity index (χ1v) is 6.12. The SMILES string of the molecule is OC[C@H]1OC[C@H](Oc2cccc(C(F)(F)F)n2)[C@@H](O)[C@H]1O. The van der Waals surface area contributed by atoms with Gasteiger partial charge in [0.1, 0.15) is 24.0 Å². The molecule has 0 aromatic carbocycles. The Balaban J connectivity index is 2.08. The van der Waals surface area contributed by atoms with Crippen LogP contribution in [0.1, 0.15) is 5.69 Å². The minimum absolute atomic E-state index is 0.193. The van der Waals surface area contributed by atoms with Gasteiger partial charge < -0.3 is 24.8 Å². The molecule has 0 spiro atoms. The lowest BCUT2D eigenvalue weighted by Gasteiger charge is -2.36. The van der Waals surface area contributed by atoms with E-state index in [1.54, 1.807) is 0 Å². The Morgan fingerprint density at radius 3 is 2.62 bits per heavy atom. The topological polar surface area (TPSA) is 92.0 Å². The van der Waals surface area contributed by atoms with Crippen molar-refractivity contribution in [2.75, 3.05) is 13.2 Å². The first-order valence-electron chi connectivity index (χ1n) is 6.12. The number of hydrogen-bond donors (Lipinski definition) is 3. The van der Waals surface area contributed by atoms with Crippen molar-refractivity contribution in [3.05, 3.63) is 23.9 Å². The lowest BCUT2D eigenvalue weighted by molar-refractivity contribution is -0.189. The molecule has 0 bridgehead atoms. The number of hydrogen-bond acceptors (Lipinski definition) is 6. The molecule has 4 atom stereocenters. The highest BCUT2D eigenvalue weighted by Crippen LogP contribution is 2.29. The Bertz CT molecular complexity index is 484. The lowest BCUT2D eigenvalue weighted by Crippen LogP contribution is -2.56. The molecular weight excluding hydrogens is 295 g/mol. The van der Waals surface area contributed by atoms with Gasteiger partial charge in [-0.05, 0) is 6.07 Å². The molecule has 1 aromatic heterocycles. The maximum absolute atomic E-state index is 12.5. The van der Waals surface area contributed by atoms with Crippen LogP contribution in [0.15, 0.2) is 18.2 Å². The van der Waals surface area contributed by atoms with Gasteiger partial charge in [-0.15, -0.1) is 0 Å². The average molecular weight is 309 g/mol. The number of rotatable bonds is 3. The smallest absolute Gasteiger partial charge is 0.433 e. The van der Waals surface area contributed by atoms with Crippen molar-refractivity contribution < 1.29 is 38.0 Å². The first-order chi connectivity index (χ1) is 9.82. The Labute approximate surface area is 117 Å². The van der Waals surface area contributed by atoms with E-state index in [2.05, 4.69) is 4.98 Å². The highest BCUT2D eigenvalue weighted by Gasteiger charge is 2.40. The Hall–Kier alpha value is -1.42. The summed E-state index contributed by atoms with van der Waals surface area (Å²) in [5, 5.41) is 28.4. The van der Waals surface area contributed by atoms with Crippen LogP contribution in [0.5, 0.6) is 5.88 Å². The molecule has 118 valence electrons. The van der Waals surface area contributed by atoms with Crippen molar-refractivity contribution in [3.63, 3.8) is 0 Å². The monoisotopic (exact) mass is 309 g/mol. The zero-order valence-electron chi connectivity index (χ0n) is 10.7. The first kappa shape index (κ1) is 16.0. The van der Waals surface area contributed by atoms with Crippen molar-refractivity contribution in [3.8, 4) is 5.88 Å². The number of aliphatic hydroxyl groups is 3. The Morgan fingerprint density at radius 1 is 1.29 bits per heavy atom. The average Bonchev–Trinajstić information content (AvgIpc) is 2.44. The maximum Gasteiger partial charge on any atom is 0.433 e. The summed E-state index contributed by atoms with van der Waals surface area (Å²) in [6.07, 6.45) is -9.47. The summed E-state index contributed by atoms with van der Waals surface area (Å²) in [5.74, 6) is -0.341. The zero-order chi connectivity index (χ0) is 15.6. The van der Waals surface area contributed by atoms with Crippen LogP contribution < -0.4 is 4.74 Å². The van der Waals surface area contributed by atoms with E-state index in [1.165, 1.54) is 6.07 Å². The lowest BCUT2D eigenvalue weighted by atomic mass is 10.0. The fraction of sp³-hybridized carbons (Fsp3) is 0.583. The van der Waals surface area contributed by atoms with Gasteiger partial charge in [-0.25, -0.2) is 4.98 Å². The Kier molecular flexibility index (Phi) is 4.67. The number of alkyl halides is 3. The van der Waals surface area contributed by atoms with Crippen molar-refractivity contribution in [2.24, 2.45) is 0 Å². The van der Waals surface area contributed by atoms with Gasteiger partial charge in [0, 0.05) is 6.07 Å². The van der Waals surface area contributed by atoms with E-state index in [0.29, 0.717) is 0 Å². The van der Waals surface area contributed by atoms with E-state index in [1.807, 2.05) is 0 Å². The minimum atomic E-state index is -4.61. The van der Waals surface area contributed by atoms with E-state index >= 15 is 0 Å². The highest BCUT2D eigenvalue weighted by molar-refractivity contribution is 5.18. The van der Waals surface area contributed by atoms with Crippen LogP contribution in [0, 0.1) is 0 Å². The van der Waals surface area contributed by atoms with Gasteiger partial charge in [-0.1, -0.05) is 6.07 Å². The molecule has 6 nitrogen and oxygen atoms in total. The summed E-state index contributed by atoms with van der Waals surface area (Å²) < 4.78 is 47.8. The third-order valence-electron chi connectivity index (χ3n) is 3.05. The number of pyridine rings is 1. The predicted molar refractivity (Wildman–Crippen MR) is 62.5 cm³/mol. The minimum Gasteiger partial charge on any atom is -0.469 e. The molecule has 0 saturated carbocycles. The molecule has 2 heterocycles. The third kappa shape index (κ3) is 3.62. The molecular formula is C12H14F3NO5. The second kappa shape index (κ2) is 6.14. The van der Waals surface area contributed by atoms with E-state index in [-0.39, 0.29) is 12.5 Å². The second-order valence-corrected chi connectivity index (χ2v) is 4.55. The van der Waals surface area contributed by atoms with Crippen molar-refractivity contribution in [1.82, 2.24) is 4.98 Å². The largest absolute Gasteiger partial charge is 0.469 e. The molecule has 2 rings (SSSR count). The number of ether oxygens (including phenoxy) is 2. The maximum atomic E-state index is 12.5. The van der Waals surface area contributed by atoms with E-state index in [4.69, 9.17) is 14.6 Å². The number of nitrogens with zero attached hydrogens (tertiary/aromatic N) is 1. The molecule has 1 aliphatic rings. The molecule has 1 aliphatic heterocycles. The standard InChI is InChI=1S/C12H14F3NO5/c13-12(14,15)8-2-1-3-9(16-8)21-7-5-20-6(4-17)10(18)11(7)19/h1-3,6-7,10-11,17-19H,4-5H2/t6-,7+,10+,11-/m1/s1. The van der Waals surface area contributed by atoms with Crippen LogP contribution in [0.2, 0.25) is 0 Å². The van der Waals surface area contributed by atoms with Gasteiger partial charge in [-0.2, -0.15) is 13.2 Å². The molecule has 21 heavy (non-hydrogen) atoms. The van der Waals surface area contributed by atoms with Gasteiger partial charge >= 0.3 is 6.18 Å². The summed E-state index contributed by atoms with van der Waals surface area (Å²) in [6.45, 7) is -0.686. The zero-order valence-corrected chi connectivity index (χ0v) is 10.7. The molecule has 0 amide bonds. The van der Waals surface area contributed by atoms with Crippen LogP contribution in [0.25, 0.3) is 0 Å². The molecule has 1 saturated heterocycles. The van der Waals surface area contributed by atoms with Crippen LogP contribution in [-0.4, -0.2) is 57.9 Å². The molecule has 0 unspecified atom stereocenters. The van der Waals surface area contributed by atoms with Gasteiger partial charge in [0.05, 0.1) is 13.2 Å². The number of aromatic nitrogens is 1. The van der Waals surface area contributed by atoms with Crippen molar-refractivity contribution in [1.29, 1.82) is 0 Å². The molecule has 9 heteroatoms. The van der Waals surface area contributed by atoms with Crippen LogP contribution in [0.3, 0.4) is 0 Å². The Morgan fingerprint density at radius 2 is 2.00 bits per heavy atom. The molecule has 0 radical (unpaired) electrons. The van der Waals surface area contributed by atoms with Crippen molar-refractivity contribution >= 4 is 0 Å². The van der Waals surface area contributed by atoms with Gasteiger partial charge in [0.15, 0.2) is 6.10 Å². The van der Waals surface area contributed by atoms with E-state index in [0.717, 1.165) is 12.1 Å². The van der Waals surface area contributed by atoms with Crippen LogP contribution in [-0.2, 0) is 10.9 Å². The summed E-state index contributed by atoms with van der Waals surface area (Å²) in [7, 11) is 0. The van der Waals surface area contributed by atoms with Gasteiger partial charge in [-0.3, -0.25) is 0 Å². The fourth-order valence-electron chi connectivity index (χ4n) is 1.91. The fourth-order valence-corrected chi connectivity index (χ4v) is 1.91. The van der Waals surface area contributed by atoms with E-state index in [9.17, 15) is 23.4 Å². The normalized spacial score (nSPS) is 30.2. The van der Waals surface area contributed by atoms with E-state index < -0.39 is 42.9 Å². The molecule has 0 aliphatic carbocycles. The number of aliphatic hydroxyl groups excluding tert-OH is 3. The van der Waals surface area contributed by atoms with Crippen molar-refractivity contribution in [2.45, 2.75) is 30.6 Å². The second-order valence-electron chi connectivity index (χ2n) is 4.55. The quantitative estimate of drug-likeness (QED) is 0.726. The van der Waals surface area contributed by atoms with Gasteiger partial charge in [0.25, 0.3) is 0 Å². The summed E-state index contributed by atoms with van der Waals surface area (Å²) in [4.78, 5) is 3.29. The predicted octanol–water partition coefficient (Wildman–Crippen LogP) is -0.0393. The van der Waals surface area contributed by atoms with Gasteiger partial charge in [0.2, 0.25) is 5.88 Å². The summed E-state index contributed by atoms with van der Waals surface area (Å²) >= 11 is 0. The molecule has 1 aromatic rings. The highest BCUT2D eigenvalue weighted by atomic mass is 19.4. The van der Waals surface area contributed by atoms with Crippen LogP contribution in [0.4, 0.5) is 13.2 Å². The third-order valence-corrected chi connectivity index (χ3v) is 3.05.